The number of nitrogens with zero attached hydrogens (tertiary/aromatic N) is 2. The van der Waals surface area contributed by atoms with Crippen LogP contribution in [0.15, 0.2) is 29.4 Å². The number of hydrogen-bond donors (Lipinski definition) is 1. The van der Waals surface area contributed by atoms with Gasteiger partial charge in [0.1, 0.15) is 0 Å². The SMILES string of the molecule is Nc1ccc2nccc3c2c1N=C3. The molecule has 0 amide bonds. The van der Waals surface area contributed by atoms with Gasteiger partial charge in [-0.25, -0.2) is 0 Å². The molecule has 3 nitrogen and oxygen atoms in total. The third-order valence-corrected chi connectivity index (χ3v) is 2.28. The van der Waals surface area contributed by atoms with Gasteiger partial charge in [0, 0.05) is 23.4 Å². The molecule has 0 atom stereocenters. The van der Waals surface area contributed by atoms with E-state index in [4.69, 9.17) is 5.73 Å². The number of aromatic nitrogens is 1. The van der Waals surface area contributed by atoms with Gasteiger partial charge in [0.15, 0.2) is 0 Å². The highest BCUT2D eigenvalue weighted by Gasteiger charge is 2.12. The van der Waals surface area contributed by atoms with Crippen LogP contribution in [0.2, 0.25) is 0 Å². The summed E-state index contributed by atoms with van der Waals surface area (Å²) >= 11 is 0. The normalized spacial score (nSPS) is 12.6. The van der Waals surface area contributed by atoms with Crippen molar-refractivity contribution in [3.63, 3.8) is 0 Å². The van der Waals surface area contributed by atoms with Crippen molar-refractivity contribution in [1.29, 1.82) is 0 Å². The Kier molecular flexibility index (Phi) is 1.05. The fourth-order valence-corrected chi connectivity index (χ4v) is 1.65. The van der Waals surface area contributed by atoms with E-state index in [2.05, 4.69) is 9.98 Å². The number of pyridine rings is 1. The molecule has 13 heavy (non-hydrogen) atoms. The minimum Gasteiger partial charge on any atom is -0.397 e. The highest BCUT2D eigenvalue weighted by molar-refractivity contribution is 6.12. The van der Waals surface area contributed by atoms with Crippen molar-refractivity contribution in [3.8, 4) is 0 Å². The molecule has 2 heterocycles. The van der Waals surface area contributed by atoms with E-state index in [-0.39, 0.29) is 0 Å². The van der Waals surface area contributed by atoms with Crippen molar-refractivity contribution in [1.82, 2.24) is 4.98 Å². The van der Waals surface area contributed by atoms with Gasteiger partial charge in [-0.1, -0.05) is 0 Å². The molecule has 1 aromatic carbocycles. The van der Waals surface area contributed by atoms with Crippen LogP contribution >= 0.6 is 0 Å². The highest BCUT2D eigenvalue weighted by atomic mass is 14.8. The summed E-state index contributed by atoms with van der Waals surface area (Å²) in [5.74, 6) is 0. The van der Waals surface area contributed by atoms with Gasteiger partial charge in [0.2, 0.25) is 0 Å². The van der Waals surface area contributed by atoms with Crippen LogP contribution in [0.4, 0.5) is 11.4 Å². The quantitative estimate of drug-likeness (QED) is 0.522. The predicted octanol–water partition coefficient (Wildman–Crippen LogP) is 1.88. The van der Waals surface area contributed by atoms with Gasteiger partial charge in [-0.15, -0.1) is 0 Å². The first kappa shape index (κ1) is 6.60. The van der Waals surface area contributed by atoms with E-state index in [1.54, 1.807) is 6.20 Å². The molecule has 0 saturated heterocycles. The summed E-state index contributed by atoms with van der Waals surface area (Å²) < 4.78 is 0. The number of rotatable bonds is 0. The molecular weight excluding hydrogens is 162 g/mol. The zero-order valence-corrected chi connectivity index (χ0v) is 6.86. The predicted molar refractivity (Wildman–Crippen MR) is 53.4 cm³/mol. The summed E-state index contributed by atoms with van der Waals surface area (Å²) in [5.41, 5.74) is 9.43. The van der Waals surface area contributed by atoms with Crippen LogP contribution in [0.3, 0.4) is 0 Å². The maximum Gasteiger partial charge on any atom is 0.0959 e. The van der Waals surface area contributed by atoms with E-state index in [0.29, 0.717) is 0 Å². The lowest BCUT2D eigenvalue weighted by Crippen LogP contribution is -1.86. The Labute approximate surface area is 74.9 Å². The second-order valence-corrected chi connectivity index (χ2v) is 3.06. The zero-order valence-electron chi connectivity index (χ0n) is 6.86. The smallest absolute Gasteiger partial charge is 0.0959 e. The lowest BCUT2D eigenvalue weighted by molar-refractivity contribution is 1.41. The molecular formula is C10H7N3. The summed E-state index contributed by atoms with van der Waals surface area (Å²) in [7, 11) is 0. The van der Waals surface area contributed by atoms with Gasteiger partial charge in [0.25, 0.3) is 0 Å². The lowest BCUT2D eigenvalue weighted by atomic mass is 10.1. The van der Waals surface area contributed by atoms with Gasteiger partial charge < -0.3 is 5.73 Å². The monoisotopic (exact) mass is 169 g/mol. The van der Waals surface area contributed by atoms with Crippen molar-refractivity contribution in [3.05, 3.63) is 30.0 Å². The van der Waals surface area contributed by atoms with E-state index in [1.807, 2.05) is 24.4 Å². The standard InChI is InChI=1S/C10H7N3/c11-7-1-2-8-9-6(3-4-12-8)5-13-10(7)9/h1-5H,11H2. The van der Waals surface area contributed by atoms with Crippen molar-refractivity contribution in [2.24, 2.45) is 4.99 Å². The van der Waals surface area contributed by atoms with Crippen molar-refractivity contribution < 1.29 is 0 Å². The number of benzene rings is 1. The molecule has 1 aliphatic rings. The summed E-state index contributed by atoms with van der Waals surface area (Å²) in [5, 5.41) is 1.07. The molecule has 3 rings (SSSR count). The Morgan fingerprint density at radius 2 is 2.08 bits per heavy atom. The molecule has 0 bridgehead atoms. The molecule has 0 aliphatic carbocycles. The molecule has 0 unspecified atom stereocenters. The average molecular weight is 169 g/mol. The Morgan fingerprint density at radius 3 is 3.00 bits per heavy atom. The van der Waals surface area contributed by atoms with Gasteiger partial charge in [-0.3, -0.25) is 9.98 Å². The summed E-state index contributed by atoms with van der Waals surface area (Å²) in [4.78, 5) is 8.50. The molecule has 0 radical (unpaired) electrons. The van der Waals surface area contributed by atoms with Crippen LogP contribution in [0.25, 0.3) is 10.9 Å². The van der Waals surface area contributed by atoms with Crippen LogP contribution < -0.4 is 5.73 Å². The van der Waals surface area contributed by atoms with Gasteiger partial charge in [0.05, 0.1) is 16.9 Å². The topological polar surface area (TPSA) is 51.3 Å². The molecule has 2 N–H and O–H groups in total. The zero-order chi connectivity index (χ0) is 8.84. The van der Waals surface area contributed by atoms with E-state index >= 15 is 0 Å². The Balaban J connectivity index is 2.62. The third-order valence-electron chi connectivity index (χ3n) is 2.28. The number of nitrogens with two attached hydrogens (primary N) is 1. The maximum atomic E-state index is 5.79. The number of nitrogen functional groups attached to an aromatic ring is 1. The van der Waals surface area contributed by atoms with Crippen LogP contribution in [0.5, 0.6) is 0 Å². The first-order chi connectivity index (χ1) is 6.36. The Bertz CT molecular complexity index is 529. The molecule has 0 saturated carbocycles. The first-order valence-corrected chi connectivity index (χ1v) is 4.07. The van der Waals surface area contributed by atoms with E-state index in [1.165, 1.54) is 0 Å². The van der Waals surface area contributed by atoms with Crippen LogP contribution in [0.1, 0.15) is 5.56 Å². The van der Waals surface area contributed by atoms with E-state index in [9.17, 15) is 0 Å². The highest BCUT2D eigenvalue weighted by Crippen LogP contribution is 2.36. The molecule has 0 spiro atoms. The number of anilines is 1. The second kappa shape index (κ2) is 2.07. The van der Waals surface area contributed by atoms with Crippen molar-refractivity contribution in [2.75, 3.05) is 5.73 Å². The fraction of sp³-hybridized carbons (Fsp3) is 0. The van der Waals surface area contributed by atoms with Crippen molar-refractivity contribution in [2.45, 2.75) is 0 Å². The lowest BCUT2D eigenvalue weighted by Gasteiger charge is -2.01. The average Bonchev–Trinajstić information content (AvgIpc) is 2.57. The maximum absolute atomic E-state index is 5.79. The molecule has 0 fully saturated rings. The van der Waals surface area contributed by atoms with Crippen LogP contribution in [-0.2, 0) is 0 Å². The van der Waals surface area contributed by atoms with Gasteiger partial charge in [-0.05, 0) is 18.2 Å². The second-order valence-electron chi connectivity index (χ2n) is 3.06. The van der Waals surface area contributed by atoms with Crippen LogP contribution in [0, 0.1) is 0 Å². The fourth-order valence-electron chi connectivity index (χ4n) is 1.65. The number of aliphatic imine (C=N–C) groups is 1. The third kappa shape index (κ3) is 0.731. The minimum atomic E-state index is 0.718. The first-order valence-electron chi connectivity index (χ1n) is 4.07. The summed E-state index contributed by atoms with van der Waals surface area (Å²) in [6.07, 6.45) is 3.62. The Morgan fingerprint density at radius 1 is 1.15 bits per heavy atom. The summed E-state index contributed by atoms with van der Waals surface area (Å²) in [6, 6.07) is 5.71. The Hall–Kier alpha value is -1.90. The summed E-state index contributed by atoms with van der Waals surface area (Å²) in [6.45, 7) is 0. The van der Waals surface area contributed by atoms with Gasteiger partial charge in [-0.2, -0.15) is 0 Å². The number of hydrogen-bond acceptors (Lipinski definition) is 3. The largest absolute Gasteiger partial charge is 0.397 e. The molecule has 1 aromatic heterocycles. The van der Waals surface area contributed by atoms with Crippen molar-refractivity contribution >= 4 is 28.5 Å². The molecule has 62 valence electrons. The molecule has 1 aliphatic heterocycles. The van der Waals surface area contributed by atoms with Gasteiger partial charge >= 0.3 is 0 Å². The van der Waals surface area contributed by atoms with E-state index in [0.717, 1.165) is 27.8 Å². The molecule has 2 aromatic rings. The van der Waals surface area contributed by atoms with Crippen LogP contribution in [-0.4, -0.2) is 11.2 Å². The minimum absolute atomic E-state index is 0.718. The molecule has 3 heteroatoms. The van der Waals surface area contributed by atoms with E-state index < -0.39 is 0 Å².